The molecule has 0 aliphatic heterocycles. The fourth-order valence-electron chi connectivity index (χ4n) is 2.47. The molecule has 2 heterocycles. The summed E-state index contributed by atoms with van der Waals surface area (Å²) < 4.78 is 1.73. The maximum atomic E-state index is 12.4. The van der Waals surface area contributed by atoms with Gasteiger partial charge in [-0.1, -0.05) is 17.8 Å². The van der Waals surface area contributed by atoms with Gasteiger partial charge in [0.05, 0.1) is 11.7 Å². The minimum Gasteiger partial charge on any atom is -0.326 e. The van der Waals surface area contributed by atoms with Crippen LogP contribution in [0.25, 0.3) is 0 Å². The summed E-state index contributed by atoms with van der Waals surface area (Å²) in [7, 11) is 1.78. The van der Waals surface area contributed by atoms with E-state index >= 15 is 0 Å². The number of aromatic nitrogens is 4. The maximum absolute atomic E-state index is 12.4. The number of hydrogen-bond donors (Lipinski definition) is 2. The molecule has 0 aliphatic carbocycles. The molecule has 0 unspecified atom stereocenters. The summed E-state index contributed by atoms with van der Waals surface area (Å²) >= 11 is 2.64. The normalized spacial score (nSPS) is 11.9. The Balaban J connectivity index is 1.58. The Labute approximate surface area is 177 Å². The average Bonchev–Trinajstić information content (AvgIpc) is 3.30. The van der Waals surface area contributed by atoms with Crippen LogP contribution >= 0.6 is 23.1 Å². The van der Waals surface area contributed by atoms with Gasteiger partial charge >= 0.3 is 0 Å². The van der Waals surface area contributed by atoms with Crippen molar-refractivity contribution in [2.24, 2.45) is 7.05 Å². The minimum atomic E-state index is -0.390. The van der Waals surface area contributed by atoms with Gasteiger partial charge in [0.1, 0.15) is 5.82 Å². The summed E-state index contributed by atoms with van der Waals surface area (Å²) in [4.78, 5) is 28.7. The van der Waals surface area contributed by atoms with Crippen LogP contribution in [-0.2, 0) is 23.1 Å². The molecule has 0 fully saturated rings. The molecule has 3 rings (SSSR count). The largest absolute Gasteiger partial charge is 0.326 e. The standard InChI is InChI=1S/C19H22N6O2S2/c1-11-5-6-14(9-12(11)2)21-16(26)10-15-23-24-19(25(15)4)29-13(3)17(27)22-18-20-7-8-28-18/h5-9,13H,10H2,1-4H3,(H,21,26)(H,20,22,27)/t13-/m1/s1. The molecular formula is C19H22N6O2S2. The van der Waals surface area contributed by atoms with Crippen LogP contribution in [0.3, 0.4) is 0 Å². The van der Waals surface area contributed by atoms with Crippen LogP contribution in [-0.4, -0.2) is 36.8 Å². The van der Waals surface area contributed by atoms with Gasteiger partial charge in [-0.25, -0.2) is 4.98 Å². The quantitative estimate of drug-likeness (QED) is 0.558. The first-order valence-electron chi connectivity index (χ1n) is 8.96. The highest BCUT2D eigenvalue weighted by atomic mass is 32.2. The Bertz CT molecular complexity index is 1020. The van der Waals surface area contributed by atoms with Gasteiger partial charge in [-0.15, -0.1) is 21.5 Å². The third-order valence-corrected chi connectivity index (χ3v) is 6.17. The van der Waals surface area contributed by atoms with Crippen molar-refractivity contribution >= 4 is 45.7 Å². The molecule has 0 aliphatic rings. The Morgan fingerprint density at radius 1 is 1.21 bits per heavy atom. The predicted molar refractivity (Wildman–Crippen MR) is 115 cm³/mol. The van der Waals surface area contributed by atoms with Crippen molar-refractivity contribution < 1.29 is 9.59 Å². The molecule has 0 bridgehead atoms. The first-order chi connectivity index (χ1) is 13.8. The summed E-state index contributed by atoms with van der Waals surface area (Å²) in [5.41, 5.74) is 3.04. The fourth-order valence-corrected chi connectivity index (χ4v) is 3.84. The SMILES string of the molecule is Cc1ccc(NC(=O)Cc2nnc(S[C@H](C)C(=O)Nc3nccs3)n2C)cc1C. The van der Waals surface area contributed by atoms with Crippen LogP contribution in [0, 0.1) is 13.8 Å². The van der Waals surface area contributed by atoms with Crippen LogP contribution in [0.1, 0.15) is 23.9 Å². The molecule has 0 spiro atoms. The molecule has 152 valence electrons. The first kappa shape index (κ1) is 21.0. The van der Waals surface area contributed by atoms with E-state index in [4.69, 9.17) is 0 Å². The third kappa shape index (κ3) is 5.42. The summed E-state index contributed by atoms with van der Waals surface area (Å²) in [5, 5.41) is 16.4. The number of hydrogen-bond acceptors (Lipinski definition) is 7. The van der Waals surface area contributed by atoms with E-state index in [1.165, 1.54) is 28.7 Å². The lowest BCUT2D eigenvalue weighted by Crippen LogP contribution is -2.22. The summed E-state index contributed by atoms with van der Waals surface area (Å²) in [6, 6.07) is 5.79. The molecule has 8 nitrogen and oxygen atoms in total. The van der Waals surface area contributed by atoms with Crippen LogP contribution in [0.2, 0.25) is 0 Å². The van der Waals surface area contributed by atoms with Crippen LogP contribution in [0.5, 0.6) is 0 Å². The Hall–Kier alpha value is -2.72. The van der Waals surface area contributed by atoms with Crippen LogP contribution in [0.15, 0.2) is 34.9 Å². The van der Waals surface area contributed by atoms with Crippen molar-refractivity contribution in [3.8, 4) is 0 Å². The lowest BCUT2D eigenvalue weighted by molar-refractivity contribution is -0.116. The molecule has 0 saturated carbocycles. The van der Waals surface area contributed by atoms with Gasteiger partial charge in [-0.2, -0.15) is 0 Å². The number of benzene rings is 1. The highest BCUT2D eigenvalue weighted by molar-refractivity contribution is 8.00. The number of thioether (sulfide) groups is 1. The number of amides is 2. The van der Waals surface area contributed by atoms with Crippen LogP contribution in [0.4, 0.5) is 10.8 Å². The van der Waals surface area contributed by atoms with Crippen molar-refractivity contribution in [2.75, 3.05) is 10.6 Å². The van der Waals surface area contributed by atoms with E-state index < -0.39 is 0 Å². The molecule has 3 aromatic rings. The van der Waals surface area contributed by atoms with E-state index in [1.807, 2.05) is 32.0 Å². The molecule has 29 heavy (non-hydrogen) atoms. The third-order valence-electron chi connectivity index (χ3n) is 4.35. The second-order valence-electron chi connectivity index (χ2n) is 6.57. The second kappa shape index (κ2) is 9.19. The van der Waals surface area contributed by atoms with E-state index in [9.17, 15) is 9.59 Å². The van der Waals surface area contributed by atoms with Gasteiger partial charge in [-0.3, -0.25) is 9.59 Å². The number of carbonyl (C=O) groups is 2. The number of nitrogens with one attached hydrogen (secondary N) is 2. The van der Waals surface area contributed by atoms with Crippen molar-refractivity contribution in [1.82, 2.24) is 19.7 Å². The molecule has 1 aromatic carbocycles. The Morgan fingerprint density at radius 3 is 2.69 bits per heavy atom. The van der Waals surface area contributed by atoms with E-state index in [1.54, 1.807) is 30.1 Å². The minimum absolute atomic E-state index is 0.0939. The number of nitrogens with zero attached hydrogens (tertiary/aromatic N) is 4. The lowest BCUT2D eigenvalue weighted by Gasteiger charge is -2.10. The van der Waals surface area contributed by atoms with Crippen molar-refractivity contribution in [1.29, 1.82) is 0 Å². The summed E-state index contributed by atoms with van der Waals surface area (Å²) in [5.74, 6) is 0.193. The molecular weight excluding hydrogens is 408 g/mol. The molecule has 2 N–H and O–H groups in total. The van der Waals surface area contributed by atoms with Crippen molar-refractivity contribution in [2.45, 2.75) is 37.6 Å². The number of carbonyl (C=O) groups excluding carboxylic acids is 2. The van der Waals surface area contributed by atoms with Gasteiger partial charge in [-0.05, 0) is 44.0 Å². The summed E-state index contributed by atoms with van der Waals surface area (Å²) in [6.07, 6.45) is 1.73. The number of rotatable bonds is 7. The van der Waals surface area contributed by atoms with Gasteiger partial charge in [0.2, 0.25) is 11.8 Å². The maximum Gasteiger partial charge on any atom is 0.239 e. The zero-order valence-electron chi connectivity index (χ0n) is 16.6. The van der Waals surface area contributed by atoms with Crippen molar-refractivity contribution in [3.05, 3.63) is 46.7 Å². The van der Waals surface area contributed by atoms with Crippen molar-refractivity contribution in [3.63, 3.8) is 0 Å². The van der Waals surface area contributed by atoms with E-state index in [-0.39, 0.29) is 23.5 Å². The molecule has 0 radical (unpaired) electrons. The lowest BCUT2D eigenvalue weighted by atomic mass is 10.1. The highest BCUT2D eigenvalue weighted by Gasteiger charge is 2.20. The molecule has 1 atom stereocenters. The zero-order valence-corrected chi connectivity index (χ0v) is 18.2. The zero-order chi connectivity index (χ0) is 21.0. The average molecular weight is 431 g/mol. The Kier molecular flexibility index (Phi) is 6.65. The predicted octanol–water partition coefficient (Wildman–Crippen LogP) is 3.19. The highest BCUT2D eigenvalue weighted by Crippen LogP contribution is 2.23. The topological polar surface area (TPSA) is 102 Å². The molecule has 10 heteroatoms. The van der Waals surface area contributed by atoms with Gasteiger partial charge < -0.3 is 15.2 Å². The smallest absolute Gasteiger partial charge is 0.239 e. The second-order valence-corrected chi connectivity index (χ2v) is 8.77. The molecule has 2 aromatic heterocycles. The van der Waals surface area contributed by atoms with E-state index in [0.717, 1.165) is 11.3 Å². The fraction of sp³-hybridized carbons (Fsp3) is 0.316. The molecule has 2 amide bonds. The monoisotopic (exact) mass is 430 g/mol. The van der Waals surface area contributed by atoms with Gasteiger partial charge in [0.15, 0.2) is 10.3 Å². The number of anilines is 2. The van der Waals surface area contributed by atoms with E-state index in [2.05, 4.69) is 25.8 Å². The first-order valence-corrected chi connectivity index (χ1v) is 10.7. The van der Waals surface area contributed by atoms with Gasteiger partial charge in [0, 0.05) is 24.3 Å². The number of thiazole rings is 1. The van der Waals surface area contributed by atoms with Crippen LogP contribution < -0.4 is 10.6 Å². The van der Waals surface area contributed by atoms with E-state index in [0.29, 0.717) is 16.1 Å². The number of aryl methyl sites for hydroxylation is 2. The molecule has 0 saturated heterocycles. The summed E-state index contributed by atoms with van der Waals surface area (Å²) in [6.45, 7) is 5.81. The van der Waals surface area contributed by atoms with Gasteiger partial charge in [0.25, 0.3) is 0 Å². The Morgan fingerprint density at radius 2 is 2.00 bits per heavy atom.